The molecule has 0 radical (unpaired) electrons. The van der Waals surface area contributed by atoms with Crippen molar-refractivity contribution in [1.82, 2.24) is 9.97 Å². The van der Waals surface area contributed by atoms with Gasteiger partial charge < -0.3 is 9.72 Å². The molecule has 0 saturated carbocycles. The summed E-state index contributed by atoms with van der Waals surface area (Å²) in [7, 11) is 1.43. The average molecular weight is 250 g/mol. The SMILES string of the molecule is COc1cccc(-c2cc(=S)nc(C)[nH]2)c1F. The molecule has 1 heterocycles. The highest BCUT2D eigenvalue weighted by Crippen LogP contribution is 2.27. The molecule has 1 aromatic carbocycles. The van der Waals surface area contributed by atoms with Crippen LogP contribution in [0.4, 0.5) is 4.39 Å². The van der Waals surface area contributed by atoms with E-state index in [1.54, 1.807) is 31.2 Å². The second kappa shape index (κ2) is 4.63. The Labute approximate surface area is 103 Å². The number of benzene rings is 1. The minimum atomic E-state index is -0.411. The molecule has 1 aromatic heterocycles. The first kappa shape index (κ1) is 11.7. The Morgan fingerprint density at radius 1 is 1.41 bits per heavy atom. The number of hydrogen-bond acceptors (Lipinski definition) is 3. The van der Waals surface area contributed by atoms with Gasteiger partial charge in [0.25, 0.3) is 0 Å². The molecular formula is C12H11FN2OS. The Balaban J connectivity index is 2.64. The molecule has 3 nitrogen and oxygen atoms in total. The van der Waals surface area contributed by atoms with Gasteiger partial charge in [0, 0.05) is 5.56 Å². The zero-order valence-corrected chi connectivity index (χ0v) is 10.3. The van der Waals surface area contributed by atoms with Crippen molar-refractivity contribution in [2.24, 2.45) is 0 Å². The van der Waals surface area contributed by atoms with Crippen LogP contribution < -0.4 is 4.74 Å². The molecule has 2 rings (SSSR count). The second-order valence-electron chi connectivity index (χ2n) is 3.54. The molecule has 0 atom stereocenters. The number of aromatic amines is 1. The van der Waals surface area contributed by atoms with Crippen molar-refractivity contribution < 1.29 is 9.13 Å². The highest BCUT2D eigenvalue weighted by Gasteiger charge is 2.10. The Kier molecular flexibility index (Phi) is 3.19. The summed E-state index contributed by atoms with van der Waals surface area (Å²) < 4.78 is 19.4. The molecule has 0 bridgehead atoms. The lowest BCUT2D eigenvalue weighted by atomic mass is 10.1. The lowest BCUT2D eigenvalue weighted by Crippen LogP contribution is -1.95. The fourth-order valence-electron chi connectivity index (χ4n) is 1.60. The van der Waals surface area contributed by atoms with Gasteiger partial charge in [-0.25, -0.2) is 9.37 Å². The van der Waals surface area contributed by atoms with Crippen LogP contribution in [-0.4, -0.2) is 17.1 Å². The van der Waals surface area contributed by atoms with Gasteiger partial charge in [-0.1, -0.05) is 18.3 Å². The van der Waals surface area contributed by atoms with Crippen molar-refractivity contribution in [2.45, 2.75) is 6.92 Å². The van der Waals surface area contributed by atoms with Crippen LogP contribution in [0.2, 0.25) is 0 Å². The molecule has 0 aliphatic heterocycles. The Bertz CT molecular complexity index is 610. The fraction of sp³-hybridized carbons (Fsp3) is 0.167. The van der Waals surface area contributed by atoms with E-state index < -0.39 is 5.82 Å². The first-order valence-corrected chi connectivity index (χ1v) is 5.43. The Hall–Kier alpha value is -1.75. The quantitative estimate of drug-likeness (QED) is 0.831. The van der Waals surface area contributed by atoms with E-state index in [1.165, 1.54) is 7.11 Å². The largest absolute Gasteiger partial charge is 0.494 e. The summed E-state index contributed by atoms with van der Waals surface area (Å²) in [5, 5.41) is 0. The van der Waals surface area contributed by atoms with Gasteiger partial charge in [0.15, 0.2) is 11.6 Å². The predicted octanol–water partition coefficient (Wildman–Crippen LogP) is 3.26. The summed E-state index contributed by atoms with van der Waals surface area (Å²) in [6.45, 7) is 1.78. The highest BCUT2D eigenvalue weighted by atomic mass is 32.1. The fourth-order valence-corrected chi connectivity index (χ4v) is 1.86. The maximum absolute atomic E-state index is 14.0. The van der Waals surface area contributed by atoms with Crippen LogP contribution in [0.25, 0.3) is 11.3 Å². The van der Waals surface area contributed by atoms with Crippen LogP contribution in [0.1, 0.15) is 5.82 Å². The van der Waals surface area contributed by atoms with E-state index in [9.17, 15) is 4.39 Å². The number of ether oxygens (including phenoxy) is 1. The van der Waals surface area contributed by atoms with Crippen LogP contribution in [-0.2, 0) is 0 Å². The normalized spacial score (nSPS) is 10.3. The third kappa shape index (κ3) is 2.34. The molecule has 0 aliphatic rings. The van der Waals surface area contributed by atoms with Crippen molar-refractivity contribution in [2.75, 3.05) is 7.11 Å². The number of methoxy groups -OCH3 is 1. The van der Waals surface area contributed by atoms with Crippen molar-refractivity contribution in [3.63, 3.8) is 0 Å². The Morgan fingerprint density at radius 3 is 2.82 bits per heavy atom. The smallest absolute Gasteiger partial charge is 0.174 e. The van der Waals surface area contributed by atoms with Crippen LogP contribution in [0.15, 0.2) is 24.3 Å². The van der Waals surface area contributed by atoms with E-state index in [2.05, 4.69) is 9.97 Å². The first-order chi connectivity index (χ1) is 8.11. The van der Waals surface area contributed by atoms with E-state index in [0.717, 1.165) is 0 Å². The standard InChI is InChI=1S/C12H11FN2OS/c1-7-14-9(6-11(17)15-7)8-4-3-5-10(16-2)12(8)13/h3-6H,1-2H3,(H,14,15,17). The van der Waals surface area contributed by atoms with E-state index in [4.69, 9.17) is 17.0 Å². The minimum Gasteiger partial charge on any atom is -0.494 e. The third-order valence-electron chi connectivity index (χ3n) is 2.33. The van der Waals surface area contributed by atoms with Crippen LogP contribution in [0, 0.1) is 17.4 Å². The van der Waals surface area contributed by atoms with Crippen LogP contribution in [0.3, 0.4) is 0 Å². The van der Waals surface area contributed by atoms with Crippen molar-refractivity contribution in [3.05, 3.63) is 40.5 Å². The summed E-state index contributed by atoms with van der Waals surface area (Å²) in [6, 6.07) is 6.59. The summed E-state index contributed by atoms with van der Waals surface area (Å²) in [6.07, 6.45) is 0. The van der Waals surface area contributed by atoms with Crippen LogP contribution in [0.5, 0.6) is 5.75 Å². The first-order valence-electron chi connectivity index (χ1n) is 5.02. The number of aryl methyl sites for hydroxylation is 1. The van der Waals surface area contributed by atoms with Crippen molar-refractivity contribution in [1.29, 1.82) is 0 Å². The summed E-state index contributed by atoms with van der Waals surface area (Å²) in [5.74, 6) is 0.442. The van der Waals surface area contributed by atoms with Gasteiger partial charge in [0.2, 0.25) is 0 Å². The van der Waals surface area contributed by atoms with Gasteiger partial charge in [-0.05, 0) is 25.1 Å². The second-order valence-corrected chi connectivity index (χ2v) is 3.96. The van der Waals surface area contributed by atoms with E-state index in [1.807, 2.05) is 0 Å². The molecule has 0 spiro atoms. The molecule has 5 heteroatoms. The summed E-state index contributed by atoms with van der Waals surface area (Å²) >= 11 is 5.01. The molecule has 0 saturated heterocycles. The Morgan fingerprint density at radius 2 is 2.18 bits per heavy atom. The number of hydrogen-bond donors (Lipinski definition) is 1. The summed E-state index contributed by atoms with van der Waals surface area (Å²) in [5.41, 5.74) is 1.01. The highest BCUT2D eigenvalue weighted by molar-refractivity contribution is 7.71. The molecule has 0 amide bonds. The zero-order valence-electron chi connectivity index (χ0n) is 9.45. The number of halogens is 1. The number of rotatable bonds is 2. The van der Waals surface area contributed by atoms with Gasteiger partial charge in [-0.2, -0.15) is 0 Å². The maximum atomic E-state index is 14.0. The topological polar surface area (TPSA) is 37.9 Å². The molecule has 0 fully saturated rings. The zero-order chi connectivity index (χ0) is 12.4. The number of nitrogens with zero attached hydrogens (tertiary/aromatic N) is 1. The third-order valence-corrected chi connectivity index (χ3v) is 2.54. The molecule has 0 aliphatic carbocycles. The van der Waals surface area contributed by atoms with Crippen molar-refractivity contribution >= 4 is 12.2 Å². The monoisotopic (exact) mass is 250 g/mol. The number of aromatic nitrogens is 2. The van der Waals surface area contributed by atoms with Gasteiger partial charge in [-0.15, -0.1) is 0 Å². The molecule has 0 unspecified atom stereocenters. The number of H-pyrrole nitrogens is 1. The molecule has 88 valence electrons. The lowest BCUT2D eigenvalue weighted by Gasteiger charge is -2.08. The van der Waals surface area contributed by atoms with Gasteiger partial charge in [0.1, 0.15) is 10.5 Å². The predicted molar refractivity (Wildman–Crippen MR) is 66.1 cm³/mol. The van der Waals surface area contributed by atoms with Gasteiger partial charge in [-0.3, -0.25) is 0 Å². The van der Waals surface area contributed by atoms with Crippen LogP contribution >= 0.6 is 12.2 Å². The average Bonchev–Trinajstić information content (AvgIpc) is 2.28. The minimum absolute atomic E-state index is 0.205. The van der Waals surface area contributed by atoms with Crippen molar-refractivity contribution in [3.8, 4) is 17.0 Å². The molecule has 1 N–H and O–H groups in total. The molecule has 2 aromatic rings. The van der Waals surface area contributed by atoms with E-state index in [0.29, 0.717) is 21.7 Å². The molecular weight excluding hydrogens is 239 g/mol. The molecule has 17 heavy (non-hydrogen) atoms. The van der Waals surface area contributed by atoms with E-state index in [-0.39, 0.29) is 5.75 Å². The number of nitrogens with one attached hydrogen (secondary N) is 1. The summed E-state index contributed by atoms with van der Waals surface area (Å²) in [4.78, 5) is 7.02. The maximum Gasteiger partial charge on any atom is 0.174 e. The van der Waals surface area contributed by atoms with Gasteiger partial charge in [0.05, 0.1) is 12.8 Å². The van der Waals surface area contributed by atoms with E-state index >= 15 is 0 Å². The van der Waals surface area contributed by atoms with Gasteiger partial charge >= 0.3 is 0 Å². The lowest BCUT2D eigenvalue weighted by molar-refractivity contribution is 0.387.